The number of amides is 4. The van der Waals surface area contributed by atoms with E-state index in [9.17, 15) is 19.2 Å². The van der Waals surface area contributed by atoms with Crippen LogP contribution in [0.5, 0.6) is 0 Å². The monoisotopic (exact) mass is 926 g/mol. The van der Waals surface area contributed by atoms with Crippen LogP contribution in [0.3, 0.4) is 0 Å². The maximum Gasteiger partial charge on any atom is 0.262 e. The molecule has 0 fully saturated rings. The summed E-state index contributed by atoms with van der Waals surface area (Å²) in [6.07, 6.45) is 33.1. The number of hydrogen-bond acceptors (Lipinski definition) is 4. The normalized spacial score (nSPS) is 14.1. The molecule has 58 heavy (non-hydrogen) atoms. The van der Waals surface area contributed by atoms with Crippen molar-refractivity contribution in [1.82, 2.24) is 9.80 Å². The highest BCUT2D eigenvalue weighted by Crippen LogP contribution is 2.44. The molecule has 2 heterocycles. The van der Waals surface area contributed by atoms with Gasteiger partial charge in [-0.05, 0) is 81.5 Å². The van der Waals surface area contributed by atoms with Gasteiger partial charge in [0.25, 0.3) is 23.6 Å². The number of carbonyl (C=O) groups is 4. The third-order valence-electron chi connectivity index (χ3n) is 12.9. The van der Waals surface area contributed by atoms with E-state index in [4.69, 9.17) is 0 Å². The average molecular weight is 929 g/mol. The zero-order valence-electron chi connectivity index (χ0n) is 36.8. The van der Waals surface area contributed by atoms with E-state index in [1.54, 1.807) is 12.1 Å². The minimum Gasteiger partial charge on any atom is -0.274 e. The number of carbonyl (C=O) groups excluding carboxylic acids is 4. The number of halogens is 2. The molecule has 0 bridgehead atoms. The highest BCUT2D eigenvalue weighted by Gasteiger charge is 2.43. The fraction of sp³-hybridized carbons (Fsp3) is 0.720. The fourth-order valence-corrected chi connectivity index (χ4v) is 10.6. The first-order chi connectivity index (χ1) is 28.2. The number of unbranched alkanes of at least 4 members (excludes halogenated alkanes) is 20. The van der Waals surface area contributed by atoms with Crippen LogP contribution in [0.2, 0.25) is 0 Å². The molecule has 4 amide bonds. The highest BCUT2D eigenvalue weighted by molar-refractivity contribution is 9.10. The molecule has 2 aliphatic heterocycles. The van der Waals surface area contributed by atoms with Crippen molar-refractivity contribution in [3.05, 3.63) is 43.3 Å². The summed E-state index contributed by atoms with van der Waals surface area (Å²) in [5.41, 5.74) is 1.55. The van der Waals surface area contributed by atoms with Gasteiger partial charge >= 0.3 is 0 Å². The summed E-state index contributed by atoms with van der Waals surface area (Å²) in [6, 6.07) is 3.48. The van der Waals surface area contributed by atoms with Crippen LogP contribution in [0.4, 0.5) is 0 Å². The first-order valence-electron chi connectivity index (χ1n) is 23.9. The molecule has 0 saturated carbocycles. The summed E-state index contributed by atoms with van der Waals surface area (Å²) < 4.78 is 1.02. The molecular weight excluding hydrogens is 852 g/mol. The molecule has 2 aromatic rings. The predicted molar refractivity (Wildman–Crippen MR) is 249 cm³/mol. The molecule has 324 valence electrons. The number of imide groups is 2. The second kappa shape index (κ2) is 26.3. The molecule has 0 saturated heterocycles. The highest BCUT2D eigenvalue weighted by atomic mass is 79.9. The lowest BCUT2D eigenvalue weighted by molar-refractivity contribution is 0.0555. The molecule has 0 aromatic heterocycles. The second-order valence-electron chi connectivity index (χ2n) is 17.7. The maximum atomic E-state index is 14.5. The lowest BCUT2D eigenvalue weighted by Crippen LogP contribution is -2.46. The van der Waals surface area contributed by atoms with Crippen LogP contribution in [0.15, 0.2) is 21.1 Å². The van der Waals surface area contributed by atoms with Gasteiger partial charge in [-0.25, -0.2) is 0 Å². The Kier molecular flexibility index (Phi) is 22.1. The maximum absolute atomic E-state index is 14.5. The predicted octanol–water partition coefficient (Wildman–Crippen LogP) is 15.8. The van der Waals surface area contributed by atoms with Crippen LogP contribution in [0.1, 0.15) is 249 Å². The van der Waals surface area contributed by atoms with Crippen LogP contribution in [-0.2, 0) is 0 Å². The van der Waals surface area contributed by atoms with Crippen LogP contribution in [-0.4, -0.2) is 46.5 Å². The Morgan fingerprint density at radius 3 is 0.931 bits per heavy atom. The molecule has 2 aromatic carbocycles. The van der Waals surface area contributed by atoms with Crippen LogP contribution in [0, 0.1) is 11.8 Å². The molecule has 0 aliphatic carbocycles. The number of nitrogens with zero attached hydrogens (tertiary/aromatic N) is 2. The molecule has 8 heteroatoms. The molecule has 0 N–H and O–H groups in total. The third-order valence-corrected chi connectivity index (χ3v) is 14.2. The first-order valence-corrected chi connectivity index (χ1v) is 25.5. The molecule has 0 spiro atoms. The van der Waals surface area contributed by atoms with Gasteiger partial charge in [0.1, 0.15) is 0 Å². The smallest absolute Gasteiger partial charge is 0.262 e. The average Bonchev–Trinajstić information content (AvgIpc) is 3.21. The topological polar surface area (TPSA) is 74.8 Å². The van der Waals surface area contributed by atoms with Crippen molar-refractivity contribution in [3.8, 4) is 0 Å². The Balaban J connectivity index is 1.57. The number of hydrogen-bond donors (Lipinski definition) is 0. The Labute approximate surface area is 369 Å². The standard InChI is InChI=1S/C50H76Br2N2O4/c1-5-9-13-17-21-25-29-37(30-26-22-18-14-10-6-2)35-53-47(55)39-33-42(52)46-44-40(34-41(51)45(43(39)44)49(53)57)48(56)54(50(46)58)36-38(31-27-23-19-15-11-7-3)32-28-24-20-16-12-8-4/h33-34,37-38H,5-32,35-36H2,1-4H3. The lowest BCUT2D eigenvalue weighted by atomic mass is 9.84. The minimum absolute atomic E-state index is 0.235. The molecule has 0 unspecified atom stereocenters. The zero-order valence-corrected chi connectivity index (χ0v) is 40.0. The van der Waals surface area contributed by atoms with Gasteiger partial charge in [-0.15, -0.1) is 0 Å². The fourth-order valence-electron chi connectivity index (χ4n) is 9.43. The molecule has 4 rings (SSSR count). The summed E-state index contributed by atoms with van der Waals surface area (Å²) in [4.78, 5) is 60.9. The van der Waals surface area contributed by atoms with Gasteiger partial charge < -0.3 is 0 Å². The van der Waals surface area contributed by atoms with Crippen molar-refractivity contribution in [2.75, 3.05) is 13.1 Å². The van der Waals surface area contributed by atoms with Crippen LogP contribution in [0.25, 0.3) is 10.8 Å². The van der Waals surface area contributed by atoms with Crippen molar-refractivity contribution in [3.63, 3.8) is 0 Å². The van der Waals surface area contributed by atoms with Gasteiger partial charge in [0, 0.05) is 43.9 Å². The summed E-state index contributed by atoms with van der Waals surface area (Å²) in [5, 5.41) is 0.878. The van der Waals surface area contributed by atoms with Gasteiger partial charge in [-0.1, -0.05) is 182 Å². The van der Waals surface area contributed by atoms with Crippen molar-refractivity contribution >= 4 is 66.3 Å². The van der Waals surface area contributed by atoms with E-state index < -0.39 is 0 Å². The summed E-state index contributed by atoms with van der Waals surface area (Å²) in [7, 11) is 0. The van der Waals surface area contributed by atoms with Gasteiger partial charge in [0.15, 0.2) is 0 Å². The summed E-state index contributed by atoms with van der Waals surface area (Å²) in [5.74, 6) is -0.853. The summed E-state index contributed by atoms with van der Waals surface area (Å²) in [6.45, 7) is 9.73. The van der Waals surface area contributed by atoms with E-state index in [-0.39, 0.29) is 35.5 Å². The van der Waals surface area contributed by atoms with E-state index >= 15 is 0 Å². The van der Waals surface area contributed by atoms with E-state index in [0.29, 0.717) is 55.1 Å². The number of rotatable bonds is 32. The van der Waals surface area contributed by atoms with Gasteiger partial charge in [0.2, 0.25) is 0 Å². The Hall–Kier alpha value is -2.06. The van der Waals surface area contributed by atoms with Crippen LogP contribution >= 0.6 is 31.9 Å². The molecule has 6 nitrogen and oxygen atoms in total. The van der Waals surface area contributed by atoms with Crippen molar-refractivity contribution in [1.29, 1.82) is 0 Å². The Morgan fingerprint density at radius 2 is 0.655 bits per heavy atom. The summed E-state index contributed by atoms with van der Waals surface area (Å²) >= 11 is 7.42. The minimum atomic E-state index is -0.333. The Bertz CT molecular complexity index is 1490. The van der Waals surface area contributed by atoms with Gasteiger partial charge in [0.05, 0.1) is 11.1 Å². The van der Waals surface area contributed by atoms with Crippen molar-refractivity contribution < 1.29 is 19.2 Å². The lowest BCUT2D eigenvalue weighted by Gasteiger charge is -2.35. The third kappa shape index (κ3) is 13.5. The van der Waals surface area contributed by atoms with Gasteiger partial charge in [-0.2, -0.15) is 0 Å². The second-order valence-corrected chi connectivity index (χ2v) is 19.4. The quantitative estimate of drug-likeness (QED) is 0.0541. The van der Waals surface area contributed by atoms with Crippen molar-refractivity contribution in [2.24, 2.45) is 11.8 Å². The first kappa shape index (κ1) is 48.6. The Morgan fingerprint density at radius 1 is 0.397 bits per heavy atom. The van der Waals surface area contributed by atoms with E-state index in [1.165, 1.54) is 138 Å². The largest absolute Gasteiger partial charge is 0.274 e. The number of benzene rings is 2. The van der Waals surface area contributed by atoms with Gasteiger partial charge in [-0.3, -0.25) is 29.0 Å². The van der Waals surface area contributed by atoms with E-state index in [2.05, 4.69) is 59.6 Å². The molecule has 0 atom stereocenters. The molecule has 0 radical (unpaired) electrons. The molecule has 2 aliphatic rings. The van der Waals surface area contributed by atoms with Crippen LogP contribution < -0.4 is 0 Å². The zero-order chi connectivity index (χ0) is 41.9. The van der Waals surface area contributed by atoms with Crippen molar-refractivity contribution in [2.45, 2.75) is 207 Å². The molecular formula is C50H76Br2N2O4. The van der Waals surface area contributed by atoms with E-state index in [1.807, 2.05) is 0 Å². The van der Waals surface area contributed by atoms with E-state index in [0.717, 1.165) is 51.4 Å². The SMILES string of the molecule is CCCCCCCCC(CCCCCCCC)CN1C(=O)c2cc(Br)c3c4c(cc(Br)c(c24)C1=O)C(=O)N(CC(CCCCCCCC)CCCCCCCC)C3=O.